The third-order valence-electron chi connectivity index (χ3n) is 3.93. The lowest BCUT2D eigenvalue weighted by Gasteiger charge is -2.36. The zero-order chi connectivity index (χ0) is 15.9. The zero-order valence-electron chi connectivity index (χ0n) is 13.0. The number of hydrogen-bond donors (Lipinski definition) is 2. The molecule has 0 radical (unpaired) electrons. The van der Waals surface area contributed by atoms with E-state index in [-0.39, 0.29) is 18.7 Å². The van der Waals surface area contributed by atoms with Crippen molar-refractivity contribution >= 4 is 23.3 Å². The molecular weight excluding hydrogens is 302 g/mol. The Labute approximate surface area is 136 Å². The van der Waals surface area contributed by atoms with Gasteiger partial charge in [-0.2, -0.15) is 0 Å². The van der Waals surface area contributed by atoms with Gasteiger partial charge in [0.05, 0.1) is 10.7 Å². The summed E-state index contributed by atoms with van der Waals surface area (Å²) in [5, 5.41) is 12.5. The number of anilines is 1. The highest BCUT2D eigenvalue weighted by molar-refractivity contribution is 6.33. The minimum Gasteiger partial charge on any atom is -0.396 e. The van der Waals surface area contributed by atoms with Gasteiger partial charge < -0.3 is 20.2 Å². The number of halogens is 1. The average Bonchev–Trinajstić information content (AvgIpc) is 2.53. The number of nitrogens with zero attached hydrogens (tertiary/aromatic N) is 2. The van der Waals surface area contributed by atoms with Gasteiger partial charge >= 0.3 is 6.03 Å². The van der Waals surface area contributed by atoms with Crippen LogP contribution in [0.3, 0.4) is 0 Å². The summed E-state index contributed by atoms with van der Waals surface area (Å²) in [6.07, 6.45) is 1.50. The second-order valence-corrected chi connectivity index (χ2v) is 6.05. The summed E-state index contributed by atoms with van der Waals surface area (Å²) in [7, 11) is 0. The molecule has 1 saturated heterocycles. The lowest BCUT2D eigenvalue weighted by Crippen LogP contribution is -2.53. The fraction of sp³-hybridized carbons (Fsp3) is 0.562. The summed E-state index contributed by atoms with van der Waals surface area (Å²) in [6.45, 7) is 5.06. The van der Waals surface area contributed by atoms with Gasteiger partial charge in [0.15, 0.2) is 0 Å². The SMILES string of the molecule is CC(CCCO)NC(=O)N1CCN(c2ccccc2Cl)CC1. The van der Waals surface area contributed by atoms with Crippen LogP contribution in [0, 0.1) is 0 Å². The number of para-hydroxylation sites is 1. The van der Waals surface area contributed by atoms with E-state index < -0.39 is 0 Å². The van der Waals surface area contributed by atoms with Gasteiger partial charge in [-0.25, -0.2) is 4.79 Å². The Morgan fingerprint density at radius 2 is 2.00 bits per heavy atom. The molecule has 0 aliphatic carbocycles. The first-order valence-corrected chi connectivity index (χ1v) is 8.15. The first kappa shape index (κ1) is 16.9. The largest absolute Gasteiger partial charge is 0.396 e. The standard InChI is InChI=1S/C16H24ClN3O2/c1-13(5-4-12-21)18-16(22)20-10-8-19(9-11-20)15-7-3-2-6-14(15)17/h2-3,6-7,13,21H,4-5,8-12H2,1H3,(H,18,22). The van der Waals surface area contributed by atoms with Crippen LogP contribution < -0.4 is 10.2 Å². The van der Waals surface area contributed by atoms with Crippen molar-refractivity contribution in [3.05, 3.63) is 29.3 Å². The van der Waals surface area contributed by atoms with Crippen molar-refractivity contribution in [3.63, 3.8) is 0 Å². The number of amides is 2. The van der Waals surface area contributed by atoms with E-state index in [2.05, 4.69) is 10.2 Å². The Bertz CT molecular complexity index is 490. The molecule has 1 aromatic rings. The smallest absolute Gasteiger partial charge is 0.317 e. The minimum atomic E-state index is -0.0238. The molecule has 0 saturated carbocycles. The van der Waals surface area contributed by atoms with Crippen molar-refractivity contribution in [2.45, 2.75) is 25.8 Å². The van der Waals surface area contributed by atoms with Crippen molar-refractivity contribution in [2.75, 3.05) is 37.7 Å². The predicted molar refractivity (Wildman–Crippen MR) is 89.6 cm³/mol. The summed E-state index contributed by atoms with van der Waals surface area (Å²) in [5.74, 6) is 0. The number of aliphatic hydroxyl groups excluding tert-OH is 1. The zero-order valence-corrected chi connectivity index (χ0v) is 13.7. The number of hydrogen-bond acceptors (Lipinski definition) is 3. The molecular formula is C16H24ClN3O2. The number of carbonyl (C=O) groups excluding carboxylic acids is 1. The maximum atomic E-state index is 12.2. The molecule has 2 amide bonds. The van der Waals surface area contributed by atoms with E-state index in [1.54, 1.807) is 0 Å². The van der Waals surface area contributed by atoms with Gasteiger partial charge in [0, 0.05) is 38.8 Å². The summed E-state index contributed by atoms with van der Waals surface area (Å²) < 4.78 is 0. The van der Waals surface area contributed by atoms with Crippen LogP contribution in [-0.4, -0.2) is 54.9 Å². The first-order valence-electron chi connectivity index (χ1n) is 7.77. The summed E-state index contributed by atoms with van der Waals surface area (Å²) >= 11 is 6.22. The Hall–Kier alpha value is -1.46. The van der Waals surface area contributed by atoms with Gasteiger partial charge in [0.2, 0.25) is 0 Å². The summed E-state index contributed by atoms with van der Waals surface area (Å²) in [6, 6.07) is 7.85. The molecule has 1 aromatic carbocycles. The fourth-order valence-electron chi connectivity index (χ4n) is 2.63. The van der Waals surface area contributed by atoms with Gasteiger partial charge in [-0.1, -0.05) is 23.7 Å². The summed E-state index contributed by atoms with van der Waals surface area (Å²) in [5.41, 5.74) is 1.03. The number of benzene rings is 1. The minimum absolute atomic E-state index is 0.0238. The maximum Gasteiger partial charge on any atom is 0.317 e. The molecule has 1 heterocycles. The van der Waals surface area contributed by atoms with Gasteiger partial charge in [-0.05, 0) is 31.9 Å². The van der Waals surface area contributed by atoms with Crippen molar-refractivity contribution in [1.29, 1.82) is 0 Å². The number of aliphatic hydroxyl groups is 1. The second-order valence-electron chi connectivity index (χ2n) is 5.64. The molecule has 1 aliphatic heterocycles. The van der Waals surface area contributed by atoms with Crippen molar-refractivity contribution < 1.29 is 9.90 Å². The van der Waals surface area contributed by atoms with Crippen LogP contribution in [0.2, 0.25) is 5.02 Å². The van der Waals surface area contributed by atoms with E-state index in [0.717, 1.165) is 30.2 Å². The molecule has 122 valence electrons. The van der Waals surface area contributed by atoms with Crippen LogP contribution in [0.1, 0.15) is 19.8 Å². The molecule has 0 aromatic heterocycles. The average molecular weight is 326 g/mol. The molecule has 0 bridgehead atoms. The number of carbonyl (C=O) groups is 1. The van der Waals surface area contributed by atoms with Crippen molar-refractivity contribution in [1.82, 2.24) is 10.2 Å². The maximum absolute atomic E-state index is 12.2. The number of rotatable bonds is 5. The van der Waals surface area contributed by atoms with E-state index in [1.807, 2.05) is 36.1 Å². The fourth-order valence-corrected chi connectivity index (χ4v) is 2.89. The second kappa shape index (κ2) is 8.25. The molecule has 1 unspecified atom stereocenters. The normalized spacial score (nSPS) is 16.5. The molecule has 1 atom stereocenters. The Morgan fingerprint density at radius 3 is 2.64 bits per heavy atom. The third kappa shape index (κ3) is 4.52. The molecule has 1 aliphatic rings. The molecule has 22 heavy (non-hydrogen) atoms. The van der Waals surface area contributed by atoms with Crippen LogP contribution in [0.25, 0.3) is 0 Å². The van der Waals surface area contributed by atoms with Gasteiger partial charge in [0.25, 0.3) is 0 Å². The topological polar surface area (TPSA) is 55.8 Å². The molecule has 5 nitrogen and oxygen atoms in total. The molecule has 6 heteroatoms. The lowest BCUT2D eigenvalue weighted by molar-refractivity contribution is 0.189. The van der Waals surface area contributed by atoms with Gasteiger partial charge in [-0.3, -0.25) is 0 Å². The van der Waals surface area contributed by atoms with E-state index in [9.17, 15) is 4.79 Å². The molecule has 0 spiro atoms. The van der Waals surface area contributed by atoms with Crippen LogP contribution in [0.5, 0.6) is 0 Å². The summed E-state index contributed by atoms with van der Waals surface area (Å²) in [4.78, 5) is 16.2. The Kier molecular flexibility index (Phi) is 6.34. The highest BCUT2D eigenvalue weighted by Gasteiger charge is 2.22. The number of urea groups is 1. The van der Waals surface area contributed by atoms with E-state index in [1.165, 1.54) is 0 Å². The van der Waals surface area contributed by atoms with Crippen LogP contribution in [0.4, 0.5) is 10.5 Å². The highest BCUT2D eigenvalue weighted by atomic mass is 35.5. The van der Waals surface area contributed by atoms with Crippen LogP contribution in [0.15, 0.2) is 24.3 Å². The number of piperazine rings is 1. The van der Waals surface area contributed by atoms with E-state index in [4.69, 9.17) is 16.7 Å². The third-order valence-corrected chi connectivity index (χ3v) is 4.24. The van der Waals surface area contributed by atoms with E-state index in [0.29, 0.717) is 19.5 Å². The number of nitrogens with one attached hydrogen (secondary N) is 1. The Balaban J connectivity index is 1.82. The molecule has 2 rings (SSSR count). The van der Waals surface area contributed by atoms with Crippen molar-refractivity contribution in [2.24, 2.45) is 0 Å². The Morgan fingerprint density at radius 1 is 1.32 bits per heavy atom. The monoisotopic (exact) mass is 325 g/mol. The predicted octanol–water partition coefficient (Wildman–Crippen LogP) is 2.33. The van der Waals surface area contributed by atoms with Crippen LogP contribution in [-0.2, 0) is 0 Å². The first-order chi connectivity index (χ1) is 10.6. The molecule has 1 fully saturated rings. The highest BCUT2D eigenvalue weighted by Crippen LogP contribution is 2.25. The molecule has 2 N–H and O–H groups in total. The van der Waals surface area contributed by atoms with Gasteiger partial charge in [-0.15, -0.1) is 0 Å². The van der Waals surface area contributed by atoms with E-state index >= 15 is 0 Å². The van der Waals surface area contributed by atoms with Crippen LogP contribution >= 0.6 is 11.6 Å². The van der Waals surface area contributed by atoms with Gasteiger partial charge in [0.1, 0.15) is 0 Å². The van der Waals surface area contributed by atoms with Crippen molar-refractivity contribution in [3.8, 4) is 0 Å². The lowest BCUT2D eigenvalue weighted by atomic mass is 10.2. The quantitative estimate of drug-likeness (QED) is 0.873.